The van der Waals surface area contributed by atoms with Crippen LogP contribution in [-0.4, -0.2) is 36.9 Å². The molecule has 0 aliphatic carbocycles. The van der Waals surface area contributed by atoms with E-state index in [9.17, 15) is 9.59 Å². The van der Waals surface area contributed by atoms with E-state index < -0.39 is 0 Å². The van der Waals surface area contributed by atoms with Gasteiger partial charge in [-0.1, -0.05) is 0 Å². The first kappa shape index (κ1) is 15.6. The fourth-order valence-corrected chi connectivity index (χ4v) is 2.64. The number of nitrogen functional groups attached to an aromatic ring is 1. The highest BCUT2D eigenvalue weighted by Crippen LogP contribution is 2.22. The number of rotatable bonds is 6. The zero-order chi connectivity index (χ0) is 14.4. The Morgan fingerprint density at radius 1 is 1.47 bits per heavy atom. The molecule has 0 bridgehead atoms. The lowest BCUT2D eigenvalue weighted by Gasteiger charge is -2.15. The van der Waals surface area contributed by atoms with Gasteiger partial charge in [-0.15, -0.1) is 11.3 Å². The van der Waals surface area contributed by atoms with Crippen molar-refractivity contribution in [3.63, 3.8) is 0 Å². The molecule has 2 amide bonds. The summed E-state index contributed by atoms with van der Waals surface area (Å²) in [7, 11) is 1.87. The second kappa shape index (κ2) is 7.22. The smallest absolute Gasteiger partial charge is 0.275 e. The average molecular weight is 284 g/mol. The summed E-state index contributed by atoms with van der Waals surface area (Å²) in [4.78, 5) is 26.4. The molecule has 106 valence electrons. The third-order valence-corrected chi connectivity index (χ3v) is 3.69. The first-order valence-electron chi connectivity index (χ1n) is 6.03. The zero-order valence-electron chi connectivity index (χ0n) is 11.4. The quantitative estimate of drug-likeness (QED) is 0.396. The first-order valence-corrected chi connectivity index (χ1v) is 6.85. The summed E-state index contributed by atoms with van der Waals surface area (Å²) in [5.41, 5.74) is 3.16. The minimum atomic E-state index is -0.286. The van der Waals surface area contributed by atoms with E-state index in [1.807, 2.05) is 31.9 Å². The van der Waals surface area contributed by atoms with Crippen molar-refractivity contribution in [1.29, 1.82) is 0 Å². The Hall–Kier alpha value is -1.44. The molecular formula is C12H20N4O2S. The molecule has 7 heteroatoms. The van der Waals surface area contributed by atoms with Gasteiger partial charge in [-0.3, -0.25) is 19.9 Å². The van der Waals surface area contributed by atoms with E-state index in [-0.39, 0.29) is 11.8 Å². The molecular weight excluding hydrogens is 264 g/mol. The van der Waals surface area contributed by atoms with Crippen LogP contribution in [0.5, 0.6) is 0 Å². The normalized spacial score (nSPS) is 10.6. The number of likely N-dealkylation sites (N-methyl/N-ethyl adjacent to an activating group) is 2. The summed E-state index contributed by atoms with van der Waals surface area (Å²) in [6.45, 7) is 5.43. The summed E-state index contributed by atoms with van der Waals surface area (Å²) in [6, 6.07) is 1.82. The number of hydrazine groups is 1. The molecule has 1 rings (SSSR count). The third kappa shape index (κ3) is 4.62. The van der Waals surface area contributed by atoms with Crippen LogP contribution >= 0.6 is 11.3 Å². The van der Waals surface area contributed by atoms with Crippen LogP contribution in [0.25, 0.3) is 0 Å². The number of amides is 2. The van der Waals surface area contributed by atoms with E-state index in [2.05, 4.69) is 10.7 Å². The molecule has 0 aromatic carbocycles. The summed E-state index contributed by atoms with van der Waals surface area (Å²) in [6.07, 6.45) is 0. The lowest BCUT2D eigenvalue weighted by molar-refractivity contribution is -0.121. The predicted octanol–water partition coefficient (Wildman–Crippen LogP) is 0.228. The summed E-state index contributed by atoms with van der Waals surface area (Å²) in [5.74, 6) is 4.82. The van der Waals surface area contributed by atoms with Gasteiger partial charge in [0.05, 0.1) is 11.4 Å². The molecule has 0 fully saturated rings. The molecule has 19 heavy (non-hydrogen) atoms. The summed E-state index contributed by atoms with van der Waals surface area (Å²) < 4.78 is 0. The SMILES string of the molecule is CCNC(=O)CN(C)Cc1cc(C(=O)NN)sc1C. The highest BCUT2D eigenvalue weighted by molar-refractivity contribution is 7.14. The van der Waals surface area contributed by atoms with Crippen LogP contribution in [-0.2, 0) is 11.3 Å². The zero-order valence-corrected chi connectivity index (χ0v) is 12.3. The Kier molecular flexibility index (Phi) is 5.94. The van der Waals surface area contributed by atoms with Crippen molar-refractivity contribution in [3.05, 3.63) is 21.4 Å². The highest BCUT2D eigenvalue weighted by Gasteiger charge is 2.13. The summed E-state index contributed by atoms with van der Waals surface area (Å²) in [5, 5.41) is 2.75. The summed E-state index contributed by atoms with van der Waals surface area (Å²) >= 11 is 1.40. The molecule has 0 spiro atoms. The molecule has 0 aliphatic heterocycles. The van der Waals surface area contributed by atoms with Crippen LogP contribution in [0.1, 0.15) is 27.0 Å². The van der Waals surface area contributed by atoms with Gasteiger partial charge in [0, 0.05) is 18.0 Å². The number of carbonyl (C=O) groups excluding carboxylic acids is 2. The molecule has 0 saturated carbocycles. The lowest BCUT2D eigenvalue weighted by Crippen LogP contribution is -2.34. The van der Waals surface area contributed by atoms with E-state index >= 15 is 0 Å². The first-order chi connectivity index (χ1) is 8.97. The number of thiophene rings is 1. The van der Waals surface area contributed by atoms with Crippen LogP contribution in [0.2, 0.25) is 0 Å². The van der Waals surface area contributed by atoms with Crippen molar-refractivity contribution >= 4 is 23.2 Å². The van der Waals surface area contributed by atoms with E-state index in [0.29, 0.717) is 24.5 Å². The number of nitrogens with zero attached hydrogens (tertiary/aromatic N) is 1. The van der Waals surface area contributed by atoms with E-state index in [1.54, 1.807) is 0 Å². The van der Waals surface area contributed by atoms with Crippen molar-refractivity contribution in [1.82, 2.24) is 15.6 Å². The highest BCUT2D eigenvalue weighted by atomic mass is 32.1. The van der Waals surface area contributed by atoms with Crippen LogP contribution in [0.3, 0.4) is 0 Å². The maximum absolute atomic E-state index is 11.5. The Bertz CT molecular complexity index is 459. The topological polar surface area (TPSA) is 87.5 Å². The maximum Gasteiger partial charge on any atom is 0.275 e. The largest absolute Gasteiger partial charge is 0.355 e. The number of hydrogen-bond donors (Lipinski definition) is 3. The Labute approximate surface area is 116 Å². The van der Waals surface area contributed by atoms with Gasteiger partial charge in [0.15, 0.2) is 0 Å². The van der Waals surface area contributed by atoms with Crippen molar-refractivity contribution in [2.45, 2.75) is 20.4 Å². The number of aryl methyl sites for hydroxylation is 1. The second-order valence-electron chi connectivity index (χ2n) is 4.29. The minimum absolute atomic E-state index is 0.00203. The Balaban J connectivity index is 2.64. The fourth-order valence-electron chi connectivity index (χ4n) is 1.70. The minimum Gasteiger partial charge on any atom is -0.355 e. The third-order valence-electron chi connectivity index (χ3n) is 2.60. The Morgan fingerprint density at radius 2 is 2.16 bits per heavy atom. The van der Waals surface area contributed by atoms with Gasteiger partial charge in [-0.2, -0.15) is 0 Å². The van der Waals surface area contributed by atoms with Crippen LogP contribution in [0, 0.1) is 6.92 Å². The van der Waals surface area contributed by atoms with Gasteiger partial charge in [-0.05, 0) is 32.5 Å². The molecule has 0 unspecified atom stereocenters. The van der Waals surface area contributed by atoms with Crippen molar-refractivity contribution in [2.75, 3.05) is 20.1 Å². The molecule has 6 nitrogen and oxygen atoms in total. The second-order valence-corrected chi connectivity index (χ2v) is 5.55. The number of nitrogens with one attached hydrogen (secondary N) is 2. The van der Waals surface area contributed by atoms with Gasteiger partial charge in [-0.25, -0.2) is 5.84 Å². The predicted molar refractivity (Wildman–Crippen MR) is 75.7 cm³/mol. The van der Waals surface area contributed by atoms with Gasteiger partial charge in [0.1, 0.15) is 0 Å². The van der Waals surface area contributed by atoms with Crippen molar-refractivity contribution in [2.24, 2.45) is 5.84 Å². The molecule has 0 aliphatic rings. The molecule has 1 heterocycles. The molecule has 0 radical (unpaired) electrons. The van der Waals surface area contributed by atoms with Gasteiger partial charge in [0.25, 0.3) is 5.91 Å². The van der Waals surface area contributed by atoms with Crippen molar-refractivity contribution in [3.8, 4) is 0 Å². The molecule has 4 N–H and O–H groups in total. The molecule has 1 aromatic heterocycles. The Morgan fingerprint density at radius 3 is 2.74 bits per heavy atom. The van der Waals surface area contributed by atoms with Gasteiger partial charge < -0.3 is 5.32 Å². The van der Waals surface area contributed by atoms with Gasteiger partial charge >= 0.3 is 0 Å². The number of hydrogen-bond acceptors (Lipinski definition) is 5. The standard InChI is InChI=1S/C12H20N4O2S/c1-4-14-11(17)7-16(3)6-9-5-10(12(18)15-13)19-8(9)2/h5H,4,6-7,13H2,1-3H3,(H,14,17)(H,15,18). The van der Waals surface area contributed by atoms with E-state index in [4.69, 9.17) is 5.84 Å². The van der Waals surface area contributed by atoms with E-state index in [0.717, 1.165) is 10.4 Å². The van der Waals surface area contributed by atoms with Crippen molar-refractivity contribution < 1.29 is 9.59 Å². The molecule has 0 saturated heterocycles. The van der Waals surface area contributed by atoms with Crippen LogP contribution in [0.15, 0.2) is 6.07 Å². The lowest BCUT2D eigenvalue weighted by atomic mass is 10.2. The maximum atomic E-state index is 11.5. The molecule has 0 atom stereocenters. The van der Waals surface area contributed by atoms with Gasteiger partial charge in [0.2, 0.25) is 5.91 Å². The fraction of sp³-hybridized carbons (Fsp3) is 0.500. The van der Waals surface area contributed by atoms with Crippen LogP contribution in [0.4, 0.5) is 0 Å². The number of nitrogens with two attached hydrogens (primary N) is 1. The van der Waals surface area contributed by atoms with E-state index in [1.165, 1.54) is 11.3 Å². The molecule has 1 aromatic rings. The number of carbonyl (C=O) groups is 2. The monoisotopic (exact) mass is 284 g/mol. The average Bonchev–Trinajstić information content (AvgIpc) is 2.70. The van der Waals surface area contributed by atoms with Crippen LogP contribution < -0.4 is 16.6 Å².